The fourth-order valence-corrected chi connectivity index (χ4v) is 1.70. The Hall–Kier alpha value is -1.55. The number of hydrogen-bond acceptors (Lipinski definition) is 3. The first-order chi connectivity index (χ1) is 8.54. The van der Waals surface area contributed by atoms with Gasteiger partial charge in [0, 0.05) is 18.2 Å². The first-order valence-electron chi connectivity index (χ1n) is 6.34. The van der Waals surface area contributed by atoms with Gasteiger partial charge in [0.15, 0.2) is 0 Å². The van der Waals surface area contributed by atoms with E-state index in [-0.39, 0.29) is 24.2 Å². The summed E-state index contributed by atoms with van der Waals surface area (Å²) in [7, 11) is 0. The van der Waals surface area contributed by atoms with Crippen molar-refractivity contribution in [1.82, 2.24) is 10.6 Å². The average molecular weight is 250 g/mol. The van der Waals surface area contributed by atoms with Gasteiger partial charge >= 0.3 is 0 Å². The Bertz CT molecular complexity index is 405. The fraction of sp³-hybridized carbons (Fsp3) is 0.500. The van der Waals surface area contributed by atoms with Crippen molar-refractivity contribution in [3.05, 3.63) is 29.3 Å². The summed E-state index contributed by atoms with van der Waals surface area (Å²) >= 11 is 0. The number of amides is 1. The van der Waals surface area contributed by atoms with E-state index in [0.717, 1.165) is 17.5 Å². The molecule has 100 valence electrons. The number of rotatable bonds is 6. The molecule has 0 spiro atoms. The van der Waals surface area contributed by atoms with Crippen LogP contribution in [-0.4, -0.2) is 24.1 Å². The highest BCUT2D eigenvalue weighted by Gasteiger charge is 2.11. The molecule has 1 atom stereocenters. The van der Waals surface area contributed by atoms with Crippen molar-refractivity contribution in [2.75, 3.05) is 13.1 Å². The summed E-state index contributed by atoms with van der Waals surface area (Å²) < 4.78 is 0. The van der Waals surface area contributed by atoms with Crippen LogP contribution >= 0.6 is 0 Å². The van der Waals surface area contributed by atoms with Crippen LogP contribution in [0.4, 0.5) is 0 Å². The molecule has 4 heteroatoms. The van der Waals surface area contributed by atoms with Gasteiger partial charge in [0.2, 0.25) is 5.91 Å². The summed E-state index contributed by atoms with van der Waals surface area (Å²) in [6, 6.07) is 5.50. The molecule has 0 aliphatic heterocycles. The first-order valence-corrected chi connectivity index (χ1v) is 6.34. The minimum atomic E-state index is -0.0574. The molecule has 0 heterocycles. The predicted octanol–water partition coefficient (Wildman–Crippen LogP) is 1.88. The maximum absolute atomic E-state index is 11.4. The number of carbonyl (C=O) groups excluding carboxylic acids is 1. The largest absolute Gasteiger partial charge is 0.508 e. The number of phenolic OH excluding ortho intramolecular Hbond substituents is 1. The van der Waals surface area contributed by atoms with E-state index in [9.17, 15) is 9.90 Å². The molecule has 0 saturated carbocycles. The van der Waals surface area contributed by atoms with Gasteiger partial charge in [-0.15, -0.1) is 0 Å². The second-order valence-corrected chi connectivity index (χ2v) is 4.51. The van der Waals surface area contributed by atoms with Crippen LogP contribution in [0.2, 0.25) is 0 Å². The van der Waals surface area contributed by atoms with E-state index in [4.69, 9.17) is 0 Å². The maximum atomic E-state index is 11.4. The summed E-state index contributed by atoms with van der Waals surface area (Å²) in [4.78, 5) is 11.4. The van der Waals surface area contributed by atoms with E-state index >= 15 is 0 Å². The van der Waals surface area contributed by atoms with Crippen molar-refractivity contribution in [3.63, 3.8) is 0 Å². The molecule has 0 fully saturated rings. The van der Waals surface area contributed by atoms with Crippen LogP contribution in [0, 0.1) is 6.92 Å². The van der Waals surface area contributed by atoms with Gasteiger partial charge in [-0.2, -0.15) is 0 Å². The second-order valence-electron chi connectivity index (χ2n) is 4.51. The number of aryl methyl sites for hydroxylation is 1. The van der Waals surface area contributed by atoms with Gasteiger partial charge in [0.1, 0.15) is 5.75 Å². The van der Waals surface area contributed by atoms with Crippen molar-refractivity contribution >= 4 is 5.91 Å². The SMILES string of the molecule is CCCNC(=O)CNC(C)c1ccc(C)cc1O. The highest BCUT2D eigenvalue weighted by molar-refractivity contribution is 5.78. The molecule has 1 aromatic rings. The molecule has 0 aliphatic rings. The topological polar surface area (TPSA) is 61.4 Å². The van der Waals surface area contributed by atoms with E-state index in [1.165, 1.54) is 0 Å². The van der Waals surface area contributed by atoms with Gasteiger partial charge < -0.3 is 15.7 Å². The van der Waals surface area contributed by atoms with E-state index in [0.29, 0.717) is 6.54 Å². The highest BCUT2D eigenvalue weighted by atomic mass is 16.3. The smallest absolute Gasteiger partial charge is 0.233 e. The van der Waals surface area contributed by atoms with Crippen molar-refractivity contribution in [1.29, 1.82) is 0 Å². The molecule has 0 saturated heterocycles. The zero-order valence-electron chi connectivity index (χ0n) is 11.3. The van der Waals surface area contributed by atoms with Crippen LogP contribution in [0.3, 0.4) is 0 Å². The molecule has 1 aromatic carbocycles. The van der Waals surface area contributed by atoms with E-state index < -0.39 is 0 Å². The van der Waals surface area contributed by atoms with Crippen LogP contribution in [0.5, 0.6) is 5.75 Å². The molecule has 18 heavy (non-hydrogen) atoms. The highest BCUT2D eigenvalue weighted by Crippen LogP contribution is 2.24. The molecule has 0 aliphatic carbocycles. The van der Waals surface area contributed by atoms with Crippen molar-refractivity contribution in [2.24, 2.45) is 0 Å². The summed E-state index contributed by atoms with van der Waals surface area (Å²) in [5.41, 5.74) is 1.83. The fourth-order valence-electron chi connectivity index (χ4n) is 1.70. The third-order valence-corrected chi connectivity index (χ3v) is 2.79. The summed E-state index contributed by atoms with van der Waals surface area (Å²) in [6.07, 6.45) is 0.931. The van der Waals surface area contributed by atoms with Crippen LogP contribution in [-0.2, 0) is 4.79 Å². The molecule has 0 bridgehead atoms. The lowest BCUT2D eigenvalue weighted by Crippen LogP contribution is -2.35. The van der Waals surface area contributed by atoms with Gasteiger partial charge in [0.25, 0.3) is 0 Å². The predicted molar refractivity (Wildman–Crippen MR) is 72.6 cm³/mol. The lowest BCUT2D eigenvalue weighted by atomic mass is 10.1. The lowest BCUT2D eigenvalue weighted by Gasteiger charge is -2.15. The monoisotopic (exact) mass is 250 g/mol. The summed E-state index contributed by atoms with van der Waals surface area (Å²) in [5, 5.41) is 15.7. The molecule has 0 aromatic heterocycles. The Morgan fingerprint density at radius 2 is 2.17 bits per heavy atom. The zero-order valence-corrected chi connectivity index (χ0v) is 11.3. The van der Waals surface area contributed by atoms with Gasteiger partial charge in [-0.3, -0.25) is 4.79 Å². The second kappa shape index (κ2) is 7.01. The standard InChI is InChI=1S/C14H22N2O2/c1-4-7-15-14(18)9-16-11(3)12-6-5-10(2)8-13(12)17/h5-6,8,11,16-17H,4,7,9H2,1-3H3,(H,15,18). The molecule has 1 amide bonds. The van der Waals surface area contributed by atoms with Gasteiger partial charge in [-0.05, 0) is 31.9 Å². The number of phenols is 1. The van der Waals surface area contributed by atoms with Crippen molar-refractivity contribution in [2.45, 2.75) is 33.2 Å². The Morgan fingerprint density at radius 3 is 2.78 bits per heavy atom. The third-order valence-electron chi connectivity index (χ3n) is 2.79. The molecule has 4 nitrogen and oxygen atoms in total. The number of nitrogens with one attached hydrogen (secondary N) is 2. The van der Waals surface area contributed by atoms with Crippen molar-refractivity contribution in [3.8, 4) is 5.75 Å². The van der Waals surface area contributed by atoms with Gasteiger partial charge in [-0.25, -0.2) is 0 Å². The van der Waals surface area contributed by atoms with Gasteiger partial charge in [-0.1, -0.05) is 19.1 Å². The minimum absolute atomic E-state index is 0.0182. The number of hydrogen-bond donors (Lipinski definition) is 3. The Labute approximate surface area is 108 Å². The van der Waals surface area contributed by atoms with E-state index in [1.54, 1.807) is 6.07 Å². The molecular weight excluding hydrogens is 228 g/mol. The molecule has 1 rings (SSSR count). The van der Waals surface area contributed by atoms with Crippen molar-refractivity contribution < 1.29 is 9.90 Å². The third kappa shape index (κ3) is 4.37. The van der Waals surface area contributed by atoms with Crippen LogP contribution < -0.4 is 10.6 Å². The Kier molecular flexibility index (Phi) is 5.65. The van der Waals surface area contributed by atoms with Crippen LogP contribution in [0.25, 0.3) is 0 Å². The van der Waals surface area contributed by atoms with Crippen LogP contribution in [0.1, 0.15) is 37.4 Å². The number of aromatic hydroxyl groups is 1. The summed E-state index contributed by atoms with van der Waals surface area (Å²) in [6.45, 7) is 6.83. The van der Waals surface area contributed by atoms with Crippen LogP contribution in [0.15, 0.2) is 18.2 Å². The molecule has 0 radical (unpaired) electrons. The first kappa shape index (κ1) is 14.5. The molecular formula is C14H22N2O2. The maximum Gasteiger partial charge on any atom is 0.233 e. The van der Waals surface area contributed by atoms with Gasteiger partial charge in [0.05, 0.1) is 6.54 Å². The lowest BCUT2D eigenvalue weighted by molar-refractivity contribution is -0.120. The summed E-state index contributed by atoms with van der Waals surface area (Å²) in [5.74, 6) is 0.249. The van der Waals surface area contributed by atoms with E-state index in [2.05, 4.69) is 10.6 Å². The van der Waals surface area contributed by atoms with E-state index in [1.807, 2.05) is 32.9 Å². The quantitative estimate of drug-likeness (QED) is 0.722. The molecule has 3 N–H and O–H groups in total. The zero-order chi connectivity index (χ0) is 13.5. The number of benzene rings is 1. The molecule has 1 unspecified atom stereocenters. The normalized spacial score (nSPS) is 12.2. The Balaban J connectivity index is 2.50. The minimum Gasteiger partial charge on any atom is -0.508 e. The Morgan fingerprint density at radius 1 is 1.44 bits per heavy atom. The number of carbonyl (C=O) groups is 1. The average Bonchev–Trinajstić information content (AvgIpc) is 2.33.